The average molecular weight is 170 g/mol. The van der Waals surface area contributed by atoms with Gasteiger partial charge in [0.2, 0.25) is 0 Å². The zero-order chi connectivity index (χ0) is 9.35. The normalized spacial score (nSPS) is 39.0. The Morgan fingerprint density at radius 3 is 2.17 bits per heavy atom. The van der Waals surface area contributed by atoms with Crippen LogP contribution in [0.5, 0.6) is 0 Å². The van der Waals surface area contributed by atoms with Gasteiger partial charge in [0.25, 0.3) is 0 Å². The van der Waals surface area contributed by atoms with Crippen molar-refractivity contribution in [2.45, 2.75) is 25.8 Å². The standard InChI is InChI=1S/C8H16N2.C2H6/c1-9(2)8-4-7(8)5-10(3)6-8;1-2/h7H,4-6H2,1-3H3;1-2H3. The number of piperidine rings is 1. The smallest absolute Gasteiger partial charge is 0.0375 e. The summed E-state index contributed by atoms with van der Waals surface area (Å²) in [6.45, 7) is 6.60. The Kier molecular flexibility index (Phi) is 2.79. The molecule has 1 aliphatic carbocycles. The third kappa shape index (κ3) is 1.38. The molecule has 0 radical (unpaired) electrons. The van der Waals surface area contributed by atoms with E-state index in [4.69, 9.17) is 0 Å². The van der Waals surface area contributed by atoms with E-state index in [0.717, 1.165) is 5.92 Å². The van der Waals surface area contributed by atoms with Crippen LogP contribution in [0.4, 0.5) is 0 Å². The van der Waals surface area contributed by atoms with Crippen LogP contribution in [0.1, 0.15) is 20.3 Å². The van der Waals surface area contributed by atoms with Crippen molar-refractivity contribution < 1.29 is 0 Å². The molecule has 0 spiro atoms. The van der Waals surface area contributed by atoms with Gasteiger partial charge in [0.1, 0.15) is 0 Å². The van der Waals surface area contributed by atoms with Gasteiger partial charge in [0.05, 0.1) is 0 Å². The molecule has 2 nitrogen and oxygen atoms in total. The van der Waals surface area contributed by atoms with Crippen molar-refractivity contribution in [2.24, 2.45) is 5.92 Å². The zero-order valence-electron chi connectivity index (χ0n) is 9.09. The Hall–Kier alpha value is -0.0800. The van der Waals surface area contributed by atoms with Crippen molar-refractivity contribution in [2.75, 3.05) is 34.2 Å². The van der Waals surface area contributed by atoms with Crippen LogP contribution in [-0.2, 0) is 0 Å². The molecule has 1 aliphatic heterocycles. The van der Waals surface area contributed by atoms with Gasteiger partial charge in [0.15, 0.2) is 0 Å². The van der Waals surface area contributed by atoms with Crippen LogP contribution in [0.3, 0.4) is 0 Å². The zero-order valence-corrected chi connectivity index (χ0v) is 9.09. The van der Waals surface area contributed by atoms with E-state index in [1.165, 1.54) is 19.5 Å². The third-order valence-electron chi connectivity index (χ3n) is 3.17. The Balaban J connectivity index is 0.000000336. The van der Waals surface area contributed by atoms with Crippen molar-refractivity contribution in [3.63, 3.8) is 0 Å². The van der Waals surface area contributed by atoms with Gasteiger partial charge < -0.3 is 9.80 Å². The molecular weight excluding hydrogens is 148 g/mol. The highest BCUT2D eigenvalue weighted by Crippen LogP contribution is 2.52. The van der Waals surface area contributed by atoms with Gasteiger partial charge in [-0.1, -0.05) is 13.8 Å². The Morgan fingerprint density at radius 1 is 1.33 bits per heavy atom. The first-order chi connectivity index (χ1) is 5.65. The Bertz CT molecular complexity index is 156. The van der Waals surface area contributed by atoms with Crippen LogP contribution in [0.2, 0.25) is 0 Å². The second-order valence-electron chi connectivity index (χ2n) is 4.10. The number of fused-ring (bicyclic) bond motifs is 1. The van der Waals surface area contributed by atoms with E-state index in [-0.39, 0.29) is 0 Å². The van der Waals surface area contributed by atoms with E-state index >= 15 is 0 Å². The molecule has 2 aliphatic rings. The lowest BCUT2D eigenvalue weighted by molar-refractivity contribution is 0.238. The van der Waals surface area contributed by atoms with Crippen LogP contribution < -0.4 is 0 Å². The molecule has 0 aromatic rings. The number of likely N-dealkylation sites (tertiary alicyclic amines) is 1. The molecular formula is C10H22N2. The van der Waals surface area contributed by atoms with E-state index in [0.29, 0.717) is 5.54 Å². The summed E-state index contributed by atoms with van der Waals surface area (Å²) in [6, 6.07) is 0. The lowest BCUT2D eigenvalue weighted by Crippen LogP contribution is -2.36. The largest absolute Gasteiger partial charge is 0.304 e. The molecule has 2 unspecified atom stereocenters. The monoisotopic (exact) mass is 170 g/mol. The minimum Gasteiger partial charge on any atom is -0.304 e. The van der Waals surface area contributed by atoms with Gasteiger partial charge in [0, 0.05) is 18.6 Å². The second-order valence-corrected chi connectivity index (χ2v) is 4.10. The third-order valence-corrected chi connectivity index (χ3v) is 3.17. The summed E-state index contributed by atoms with van der Waals surface area (Å²) in [5.41, 5.74) is 0.592. The van der Waals surface area contributed by atoms with Crippen LogP contribution in [0.25, 0.3) is 0 Å². The molecule has 0 N–H and O–H groups in total. The summed E-state index contributed by atoms with van der Waals surface area (Å²) in [7, 11) is 6.63. The van der Waals surface area contributed by atoms with Gasteiger partial charge in [-0.05, 0) is 33.5 Å². The fourth-order valence-corrected chi connectivity index (χ4v) is 2.39. The molecule has 0 aromatic carbocycles. The number of rotatable bonds is 1. The molecule has 1 saturated carbocycles. The molecule has 0 amide bonds. The highest BCUT2D eigenvalue weighted by Gasteiger charge is 2.60. The summed E-state index contributed by atoms with van der Waals surface area (Å²) in [6.07, 6.45) is 1.43. The quantitative estimate of drug-likeness (QED) is 0.585. The first kappa shape index (κ1) is 10.0. The maximum absolute atomic E-state index is 2.44. The summed E-state index contributed by atoms with van der Waals surface area (Å²) < 4.78 is 0. The van der Waals surface area contributed by atoms with Gasteiger partial charge >= 0.3 is 0 Å². The number of likely N-dealkylation sites (N-methyl/N-ethyl adjacent to an activating group) is 2. The molecule has 0 bridgehead atoms. The van der Waals surface area contributed by atoms with Gasteiger partial charge in [-0.2, -0.15) is 0 Å². The summed E-state index contributed by atoms with van der Waals surface area (Å²) >= 11 is 0. The lowest BCUT2D eigenvalue weighted by atomic mass is 10.2. The van der Waals surface area contributed by atoms with E-state index in [1.807, 2.05) is 13.8 Å². The molecule has 1 heterocycles. The van der Waals surface area contributed by atoms with Crippen molar-refractivity contribution >= 4 is 0 Å². The molecule has 2 atom stereocenters. The molecule has 2 rings (SSSR count). The van der Waals surface area contributed by atoms with E-state index < -0.39 is 0 Å². The molecule has 2 fully saturated rings. The summed E-state index contributed by atoms with van der Waals surface area (Å²) in [4.78, 5) is 4.84. The summed E-state index contributed by atoms with van der Waals surface area (Å²) in [5.74, 6) is 0.979. The minimum atomic E-state index is 0.592. The van der Waals surface area contributed by atoms with Crippen LogP contribution in [-0.4, -0.2) is 49.6 Å². The topological polar surface area (TPSA) is 6.48 Å². The maximum Gasteiger partial charge on any atom is 0.0375 e. The summed E-state index contributed by atoms with van der Waals surface area (Å²) in [5, 5.41) is 0. The van der Waals surface area contributed by atoms with Crippen LogP contribution >= 0.6 is 0 Å². The van der Waals surface area contributed by atoms with E-state index in [9.17, 15) is 0 Å². The Labute approximate surface area is 76.5 Å². The molecule has 0 aromatic heterocycles. The van der Waals surface area contributed by atoms with E-state index in [1.54, 1.807) is 0 Å². The first-order valence-corrected chi connectivity index (χ1v) is 5.01. The fraction of sp³-hybridized carbons (Fsp3) is 1.00. The lowest BCUT2D eigenvalue weighted by Gasteiger charge is -2.23. The Morgan fingerprint density at radius 2 is 1.92 bits per heavy atom. The predicted molar refractivity (Wildman–Crippen MR) is 53.4 cm³/mol. The molecule has 72 valence electrons. The van der Waals surface area contributed by atoms with Crippen molar-refractivity contribution in [3.05, 3.63) is 0 Å². The SMILES string of the molecule is CC.CN1CC2CC2(N(C)C)C1. The predicted octanol–water partition coefficient (Wildman–Crippen LogP) is 1.28. The van der Waals surface area contributed by atoms with Crippen molar-refractivity contribution in [1.29, 1.82) is 0 Å². The van der Waals surface area contributed by atoms with Crippen molar-refractivity contribution in [3.8, 4) is 0 Å². The number of hydrogen-bond donors (Lipinski definition) is 0. The second kappa shape index (κ2) is 3.35. The fourth-order valence-electron chi connectivity index (χ4n) is 2.39. The molecule has 1 saturated heterocycles. The number of hydrogen-bond acceptors (Lipinski definition) is 2. The molecule has 2 heteroatoms. The maximum atomic E-state index is 2.44. The minimum absolute atomic E-state index is 0.592. The van der Waals surface area contributed by atoms with E-state index in [2.05, 4.69) is 30.9 Å². The van der Waals surface area contributed by atoms with Crippen LogP contribution in [0.15, 0.2) is 0 Å². The number of nitrogens with zero attached hydrogens (tertiary/aromatic N) is 2. The first-order valence-electron chi connectivity index (χ1n) is 5.01. The van der Waals surface area contributed by atoms with Gasteiger partial charge in [-0.3, -0.25) is 0 Å². The van der Waals surface area contributed by atoms with Gasteiger partial charge in [-0.15, -0.1) is 0 Å². The molecule has 12 heavy (non-hydrogen) atoms. The highest BCUT2D eigenvalue weighted by molar-refractivity contribution is 5.16. The average Bonchev–Trinajstić information content (AvgIpc) is 2.60. The van der Waals surface area contributed by atoms with Crippen molar-refractivity contribution in [1.82, 2.24) is 9.80 Å². The highest BCUT2D eigenvalue weighted by atomic mass is 15.3. The van der Waals surface area contributed by atoms with Crippen LogP contribution in [0, 0.1) is 5.92 Å². The van der Waals surface area contributed by atoms with Gasteiger partial charge in [-0.25, -0.2) is 0 Å².